The summed E-state index contributed by atoms with van der Waals surface area (Å²) in [6, 6.07) is 10.4. The molecule has 0 amide bonds. The van der Waals surface area contributed by atoms with Crippen LogP contribution in [0.2, 0.25) is 5.02 Å². The molecule has 9 nitrogen and oxygen atoms in total. The normalized spacial score (nSPS) is 18.5. The average Bonchev–Trinajstić information content (AvgIpc) is 3.29. The van der Waals surface area contributed by atoms with E-state index in [0.717, 1.165) is 60.3 Å². The van der Waals surface area contributed by atoms with Gasteiger partial charge < -0.3 is 16.8 Å². The number of nitrogens with zero attached hydrogens (tertiary/aromatic N) is 5. The lowest BCUT2D eigenvalue weighted by atomic mass is 9.92. The molecule has 190 valence electrons. The summed E-state index contributed by atoms with van der Waals surface area (Å²) < 4.78 is 0. The molecule has 0 spiro atoms. The van der Waals surface area contributed by atoms with Gasteiger partial charge in [-0.1, -0.05) is 23.7 Å². The molecule has 3 heterocycles. The van der Waals surface area contributed by atoms with Gasteiger partial charge in [0.05, 0.1) is 16.8 Å². The number of aromatic nitrogens is 6. The summed E-state index contributed by atoms with van der Waals surface area (Å²) in [5.41, 5.74) is 15.2. The van der Waals surface area contributed by atoms with E-state index in [-0.39, 0.29) is 18.3 Å². The predicted octanol–water partition coefficient (Wildman–Crippen LogP) is 4.24. The zero-order valence-electron chi connectivity index (χ0n) is 19.9. The molecule has 0 saturated heterocycles. The lowest BCUT2D eigenvalue weighted by molar-refractivity contribution is 0.410. The number of halogens is 2. The quantitative estimate of drug-likeness (QED) is 0.266. The minimum atomic E-state index is 0. The van der Waals surface area contributed by atoms with Crippen molar-refractivity contribution >= 4 is 41.0 Å². The first kappa shape index (κ1) is 26.2. The Bertz CT molecular complexity index is 1290. The minimum Gasteiger partial charge on any atom is -0.351 e. The van der Waals surface area contributed by atoms with Crippen LogP contribution in [-0.2, 0) is 6.42 Å². The molecule has 4 aromatic rings. The fourth-order valence-electron chi connectivity index (χ4n) is 4.72. The fourth-order valence-corrected chi connectivity index (χ4v) is 4.92. The van der Waals surface area contributed by atoms with Gasteiger partial charge >= 0.3 is 0 Å². The third-order valence-corrected chi connectivity index (χ3v) is 6.88. The van der Waals surface area contributed by atoms with Crippen LogP contribution in [0, 0.1) is 0 Å². The van der Waals surface area contributed by atoms with Crippen LogP contribution in [-0.4, -0.2) is 48.8 Å². The smallest absolute Gasteiger partial charge is 0.224 e. The van der Waals surface area contributed by atoms with E-state index in [1.54, 1.807) is 12.4 Å². The molecular weight excluding hydrogens is 497 g/mol. The van der Waals surface area contributed by atoms with Crippen LogP contribution in [0.1, 0.15) is 49.4 Å². The molecular formula is C25H31Cl2N9. The van der Waals surface area contributed by atoms with E-state index in [1.165, 1.54) is 0 Å². The SMILES string of the molecule is Cl.NCCC(Cc1nccc(-c2[nH]nc3nc(NC4CCC(N)CC4)ncc23)n1)c1cccc(Cl)c1. The Labute approximate surface area is 221 Å². The summed E-state index contributed by atoms with van der Waals surface area (Å²) in [4.78, 5) is 18.5. The first-order chi connectivity index (χ1) is 17.1. The topological polar surface area (TPSA) is 144 Å². The molecule has 5 rings (SSSR count). The molecule has 1 unspecified atom stereocenters. The molecule has 6 N–H and O–H groups in total. The molecule has 1 aliphatic carbocycles. The van der Waals surface area contributed by atoms with Crippen molar-refractivity contribution in [3.8, 4) is 11.4 Å². The van der Waals surface area contributed by atoms with Gasteiger partial charge in [-0.05, 0) is 68.3 Å². The third kappa shape index (κ3) is 6.10. The third-order valence-electron chi connectivity index (χ3n) is 6.64. The number of benzene rings is 1. The highest BCUT2D eigenvalue weighted by molar-refractivity contribution is 6.30. The average molecular weight is 528 g/mol. The molecule has 1 aliphatic rings. The largest absolute Gasteiger partial charge is 0.351 e. The van der Waals surface area contributed by atoms with Crippen LogP contribution in [0.3, 0.4) is 0 Å². The predicted molar refractivity (Wildman–Crippen MR) is 145 cm³/mol. The van der Waals surface area contributed by atoms with Gasteiger partial charge in [0.25, 0.3) is 0 Å². The van der Waals surface area contributed by atoms with Crippen LogP contribution in [0.25, 0.3) is 22.4 Å². The van der Waals surface area contributed by atoms with Gasteiger partial charge in [-0.2, -0.15) is 10.1 Å². The Hall–Kier alpha value is -2.85. The zero-order valence-corrected chi connectivity index (χ0v) is 21.5. The number of H-pyrrole nitrogens is 1. The highest BCUT2D eigenvalue weighted by Gasteiger charge is 2.20. The van der Waals surface area contributed by atoms with Crippen molar-refractivity contribution in [3.63, 3.8) is 0 Å². The molecule has 1 atom stereocenters. The number of aromatic amines is 1. The number of anilines is 1. The van der Waals surface area contributed by atoms with Crippen molar-refractivity contribution in [1.82, 2.24) is 30.1 Å². The Balaban J connectivity index is 0.00000304. The first-order valence-corrected chi connectivity index (χ1v) is 12.5. The molecule has 3 aromatic heterocycles. The van der Waals surface area contributed by atoms with Crippen molar-refractivity contribution in [1.29, 1.82) is 0 Å². The second-order valence-electron chi connectivity index (χ2n) is 9.18. The van der Waals surface area contributed by atoms with Crippen LogP contribution in [0.4, 0.5) is 5.95 Å². The van der Waals surface area contributed by atoms with E-state index in [9.17, 15) is 0 Å². The first-order valence-electron chi connectivity index (χ1n) is 12.1. The van der Waals surface area contributed by atoms with E-state index in [0.29, 0.717) is 41.7 Å². The molecule has 1 saturated carbocycles. The summed E-state index contributed by atoms with van der Waals surface area (Å²) >= 11 is 6.22. The molecule has 1 aromatic carbocycles. The molecule has 1 fully saturated rings. The van der Waals surface area contributed by atoms with Gasteiger partial charge in [-0.3, -0.25) is 5.10 Å². The van der Waals surface area contributed by atoms with Gasteiger partial charge in [0, 0.05) is 35.9 Å². The summed E-state index contributed by atoms with van der Waals surface area (Å²) in [6.07, 6.45) is 9.13. The minimum absolute atomic E-state index is 0. The van der Waals surface area contributed by atoms with Crippen molar-refractivity contribution in [3.05, 3.63) is 59.1 Å². The maximum absolute atomic E-state index is 6.22. The Morgan fingerprint density at radius 1 is 1.11 bits per heavy atom. The summed E-state index contributed by atoms with van der Waals surface area (Å²) in [6.45, 7) is 0.573. The molecule has 0 radical (unpaired) electrons. The van der Waals surface area contributed by atoms with E-state index in [2.05, 4.69) is 36.5 Å². The zero-order chi connectivity index (χ0) is 24.2. The van der Waals surface area contributed by atoms with Gasteiger partial charge in [0.15, 0.2) is 5.65 Å². The number of hydrogen-bond donors (Lipinski definition) is 4. The fraction of sp³-hybridized carbons (Fsp3) is 0.400. The number of nitrogens with two attached hydrogens (primary N) is 2. The highest BCUT2D eigenvalue weighted by Crippen LogP contribution is 2.28. The van der Waals surface area contributed by atoms with Crippen LogP contribution < -0.4 is 16.8 Å². The Morgan fingerprint density at radius 3 is 2.72 bits per heavy atom. The van der Waals surface area contributed by atoms with Crippen LogP contribution in [0.5, 0.6) is 0 Å². The number of rotatable bonds is 8. The lowest BCUT2D eigenvalue weighted by Crippen LogP contribution is -2.33. The van der Waals surface area contributed by atoms with Crippen molar-refractivity contribution < 1.29 is 0 Å². The summed E-state index contributed by atoms with van der Waals surface area (Å²) in [5.74, 6) is 1.50. The van der Waals surface area contributed by atoms with Crippen LogP contribution in [0.15, 0.2) is 42.7 Å². The monoisotopic (exact) mass is 527 g/mol. The summed E-state index contributed by atoms with van der Waals surface area (Å²) in [7, 11) is 0. The van der Waals surface area contributed by atoms with Crippen molar-refractivity contribution in [2.45, 2.75) is 56.5 Å². The Kier molecular flexibility index (Phi) is 8.68. The van der Waals surface area contributed by atoms with Crippen LogP contribution >= 0.6 is 24.0 Å². The van der Waals surface area contributed by atoms with Gasteiger partial charge in [0.2, 0.25) is 5.95 Å². The number of hydrogen-bond acceptors (Lipinski definition) is 8. The number of nitrogens with one attached hydrogen (secondary N) is 2. The standard InChI is InChI=1S/C25H30ClN9.ClH/c26-17-3-1-2-15(12-17)16(8-10-27)13-22-29-11-9-21(32-22)23-20-14-30-25(33-24(20)35-34-23)31-19-6-4-18(28)5-7-19;/h1-3,9,11-12,14,16,18-19H,4-8,10,13,27-28H2,(H2,30,31,33,34,35);1H. The van der Waals surface area contributed by atoms with E-state index in [1.807, 2.05) is 24.3 Å². The van der Waals surface area contributed by atoms with Gasteiger partial charge in [-0.25, -0.2) is 15.0 Å². The number of fused-ring (bicyclic) bond motifs is 1. The molecule has 11 heteroatoms. The maximum atomic E-state index is 6.22. The lowest BCUT2D eigenvalue weighted by Gasteiger charge is -2.26. The van der Waals surface area contributed by atoms with E-state index >= 15 is 0 Å². The second kappa shape index (κ2) is 11.9. The molecule has 0 aliphatic heterocycles. The Morgan fingerprint density at radius 2 is 1.94 bits per heavy atom. The maximum Gasteiger partial charge on any atom is 0.224 e. The van der Waals surface area contributed by atoms with Crippen molar-refractivity contribution in [2.24, 2.45) is 11.5 Å². The van der Waals surface area contributed by atoms with E-state index in [4.69, 9.17) is 28.1 Å². The van der Waals surface area contributed by atoms with Crippen molar-refractivity contribution in [2.75, 3.05) is 11.9 Å². The summed E-state index contributed by atoms with van der Waals surface area (Å²) in [5, 5.41) is 12.5. The molecule has 0 bridgehead atoms. The van der Waals surface area contributed by atoms with Gasteiger partial charge in [-0.15, -0.1) is 12.4 Å². The second-order valence-corrected chi connectivity index (χ2v) is 9.61. The highest BCUT2D eigenvalue weighted by atomic mass is 35.5. The van der Waals surface area contributed by atoms with Gasteiger partial charge in [0.1, 0.15) is 5.82 Å². The molecule has 36 heavy (non-hydrogen) atoms. The van der Waals surface area contributed by atoms with E-state index < -0.39 is 0 Å².